The van der Waals surface area contributed by atoms with Gasteiger partial charge in [0.1, 0.15) is 5.75 Å². The minimum atomic E-state index is -0.882. The number of aliphatic carboxylic acids is 1. The predicted octanol–water partition coefficient (Wildman–Crippen LogP) is 5.91. The Balaban J connectivity index is 2.33. The Hall–Kier alpha value is -1.66. The highest BCUT2D eigenvalue weighted by molar-refractivity contribution is 9.10. The highest BCUT2D eigenvalue weighted by Crippen LogP contribution is 2.38. The van der Waals surface area contributed by atoms with Crippen LogP contribution >= 0.6 is 27.7 Å². The van der Waals surface area contributed by atoms with Crippen LogP contribution in [0.2, 0.25) is 0 Å². The fraction of sp³-hybridized carbons (Fsp3) is 0.350. The van der Waals surface area contributed by atoms with Crippen molar-refractivity contribution in [1.82, 2.24) is 0 Å². The average Bonchev–Trinajstić information content (AvgIpc) is 2.54. The van der Waals surface area contributed by atoms with E-state index in [9.17, 15) is 4.79 Å². The molecule has 0 saturated heterocycles. The summed E-state index contributed by atoms with van der Waals surface area (Å²) >= 11 is 5.35. The van der Waals surface area contributed by atoms with Gasteiger partial charge >= 0.3 is 5.97 Å². The number of carboxylic acids is 1. The fourth-order valence-corrected chi connectivity index (χ4v) is 3.48. The molecule has 140 valence electrons. The highest BCUT2D eigenvalue weighted by Gasteiger charge is 2.15. The molecule has 26 heavy (non-hydrogen) atoms. The third-order valence-electron chi connectivity index (χ3n) is 3.49. The standard InChI is InChI=1S/C20H23BrO4S/c1-20(2,3)26-12-14-11-15(21)6-8-16(14)25-18-9-13(10-19(22)23)5-7-17(18)24-4/h5-9,11H,10,12H2,1-4H3,(H,22,23). The zero-order valence-electron chi connectivity index (χ0n) is 15.3. The molecule has 0 unspecified atom stereocenters. The lowest BCUT2D eigenvalue weighted by atomic mass is 10.1. The van der Waals surface area contributed by atoms with Gasteiger partial charge in [-0.05, 0) is 35.9 Å². The molecule has 4 nitrogen and oxygen atoms in total. The van der Waals surface area contributed by atoms with Gasteiger partial charge in [0.25, 0.3) is 0 Å². The summed E-state index contributed by atoms with van der Waals surface area (Å²) in [6, 6.07) is 11.1. The third kappa shape index (κ3) is 6.25. The number of carbonyl (C=O) groups is 1. The van der Waals surface area contributed by atoms with Gasteiger partial charge in [-0.15, -0.1) is 0 Å². The third-order valence-corrected chi connectivity index (χ3v) is 5.30. The van der Waals surface area contributed by atoms with E-state index in [2.05, 4.69) is 36.7 Å². The SMILES string of the molecule is COc1ccc(CC(=O)O)cc1Oc1ccc(Br)cc1CSC(C)(C)C. The van der Waals surface area contributed by atoms with Gasteiger partial charge in [-0.3, -0.25) is 4.79 Å². The molecule has 2 rings (SSSR count). The van der Waals surface area contributed by atoms with Crippen LogP contribution < -0.4 is 9.47 Å². The van der Waals surface area contributed by atoms with E-state index in [1.54, 1.807) is 25.3 Å². The van der Waals surface area contributed by atoms with Gasteiger partial charge in [-0.1, -0.05) is 42.8 Å². The Kier molecular flexibility index (Phi) is 7.01. The van der Waals surface area contributed by atoms with E-state index in [0.29, 0.717) is 17.1 Å². The smallest absolute Gasteiger partial charge is 0.307 e. The first-order valence-electron chi connectivity index (χ1n) is 8.17. The summed E-state index contributed by atoms with van der Waals surface area (Å²) in [5, 5.41) is 9.01. The van der Waals surface area contributed by atoms with Gasteiger partial charge < -0.3 is 14.6 Å². The Morgan fingerprint density at radius 2 is 1.81 bits per heavy atom. The molecule has 0 aromatic heterocycles. The quantitative estimate of drug-likeness (QED) is 0.582. The molecule has 0 bridgehead atoms. The van der Waals surface area contributed by atoms with E-state index in [1.165, 1.54) is 0 Å². The number of halogens is 1. The van der Waals surface area contributed by atoms with Gasteiger partial charge in [0.2, 0.25) is 0 Å². The topological polar surface area (TPSA) is 55.8 Å². The normalized spacial score (nSPS) is 11.3. The number of thioether (sulfide) groups is 1. The van der Waals surface area contributed by atoms with Crippen LogP contribution in [0.15, 0.2) is 40.9 Å². The largest absolute Gasteiger partial charge is 0.493 e. The van der Waals surface area contributed by atoms with Crippen molar-refractivity contribution in [1.29, 1.82) is 0 Å². The van der Waals surface area contributed by atoms with Crippen LogP contribution in [-0.2, 0) is 17.0 Å². The van der Waals surface area contributed by atoms with E-state index in [0.717, 1.165) is 21.5 Å². The van der Waals surface area contributed by atoms with Gasteiger partial charge in [0.05, 0.1) is 13.5 Å². The highest BCUT2D eigenvalue weighted by atomic mass is 79.9. The molecule has 6 heteroatoms. The molecule has 0 amide bonds. The lowest BCUT2D eigenvalue weighted by Gasteiger charge is -2.19. The first-order chi connectivity index (χ1) is 12.2. The number of methoxy groups -OCH3 is 1. The van der Waals surface area contributed by atoms with Crippen molar-refractivity contribution in [2.45, 2.75) is 37.7 Å². The maximum atomic E-state index is 11.0. The summed E-state index contributed by atoms with van der Waals surface area (Å²) in [4.78, 5) is 11.0. The van der Waals surface area contributed by atoms with Gasteiger partial charge in [0.15, 0.2) is 11.5 Å². The predicted molar refractivity (Wildman–Crippen MR) is 110 cm³/mol. The summed E-state index contributed by atoms with van der Waals surface area (Å²) in [5.41, 5.74) is 1.72. The molecule has 2 aromatic rings. The van der Waals surface area contributed by atoms with Crippen molar-refractivity contribution in [3.8, 4) is 17.2 Å². The average molecular weight is 439 g/mol. The molecule has 0 atom stereocenters. The molecule has 0 saturated carbocycles. The maximum absolute atomic E-state index is 11.0. The van der Waals surface area contributed by atoms with Gasteiger partial charge in [0, 0.05) is 20.5 Å². The van der Waals surface area contributed by atoms with E-state index in [1.807, 2.05) is 30.0 Å². The minimum absolute atomic E-state index is 0.0621. The summed E-state index contributed by atoms with van der Waals surface area (Å²) in [6.07, 6.45) is -0.0621. The van der Waals surface area contributed by atoms with E-state index < -0.39 is 5.97 Å². The van der Waals surface area contributed by atoms with Gasteiger partial charge in [-0.2, -0.15) is 11.8 Å². The molecule has 0 aliphatic rings. The maximum Gasteiger partial charge on any atom is 0.307 e. The monoisotopic (exact) mass is 438 g/mol. The molecule has 2 aromatic carbocycles. The molecular formula is C20H23BrO4S. The molecule has 0 radical (unpaired) electrons. The number of ether oxygens (including phenoxy) is 2. The number of carboxylic acid groups (broad SMARTS) is 1. The molecule has 0 aliphatic heterocycles. The second kappa shape index (κ2) is 8.82. The van der Waals surface area contributed by atoms with E-state index in [-0.39, 0.29) is 11.2 Å². The Bertz CT molecular complexity index is 784. The molecule has 1 N–H and O–H groups in total. The Labute approximate surface area is 167 Å². The van der Waals surface area contributed by atoms with Crippen LogP contribution in [0.25, 0.3) is 0 Å². The van der Waals surface area contributed by atoms with Crippen molar-refractivity contribution < 1.29 is 19.4 Å². The summed E-state index contributed by atoms with van der Waals surface area (Å²) in [7, 11) is 1.57. The number of benzene rings is 2. The van der Waals surface area contributed by atoms with Crippen LogP contribution in [0.5, 0.6) is 17.2 Å². The summed E-state index contributed by atoms with van der Waals surface area (Å²) in [5.74, 6) is 1.73. The zero-order chi connectivity index (χ0) is 19.3. The Morgan fingerprint density at radius 1 is 1.12 bits per heavy atom. The van der Waals surface area contributed by atoms with Crippen molar-refractivity contribution in [2.75, 3.05) is 7.11 Å². The Morgan fingerprint density at radius 3 is 2.42 bits per heavy atom. The lowest BCUT2D eigenvalue weighted by molar-refractivity contribution is -0.136. The molecule has 0 fully saturated rings. The van der Waals surface area contributed by atoms with Crippen LogP contribution in [0.3, 0.4) is 0 Å². The zero-order valence-corrected chi connectivity index (χ0v) is 17.7. The van der Waals surface area contributed by atoms with E-state index >= 15 is 0 Å². The number of rotatable bonds is 7. The molecule has 0 aliphatic carbocycles. The van der Waals surface area contributed by atoms with Crippen molar-refractivity contribution in [3.05, 3.63) is 52.0 Å². The van der Waals surface area contributed by atoms with Gasteiger partial charge in [-0.25, -0.2) is 0 Å². The lowest BCUT2D eigenvalue weighted by Crippen LogP contribution is -2.07. The second-order valence-electron chi connectivity index (χ2n) is 6.81. The van der Waals surface area contributed by atoms with Crippen molar-refractivity contribution in [3.63, 3.8) is 0 Å². The van der Waals surface area contributed by atoms with Crippen molar-refractivity contribution in [2.24, 2.45) is 0 Å². The fourth-order valence-electron chi connectivity index (χ4n) is 2.26. The van der Waals surface area contributed by atoms with Crippen LogP contribution in [-0.4, -0.2) is 22.9 Å². The van der Waals surface area contributed by atoms with Crippen LogP contribution in [0, 0.1) is 0 Å². The van der Waals surface area contributed by atoms with Crippen molar-refractivity contribution >= 4 is 33.7 Å². The van der Waals surface area contributed by atoms with Crippen LogP contribution in [0.1, 0.15) is 31.9 Å². The summed E-state index contributed by atoms with van der Waals surface area (Å²) in [6.45, 7) is 6.53. The molecule has 0 heterocycles. The summed E-state index contributed by atoms with van der Waals surface area (Å²) < 4.78 is 12.6. The molecular weight excluding hydrogens is 416 g/mol. The first-order valence-corrected chi connectivity index (χ1v) is 9.95. The van der Waals surface area contributed by atoms with E-state index in [4.69, 9.17) is 14.6 Å². The second-order valence-corrected chi connectivity index (χ2v) is 9.53. The molecule has 0 spiro atoms. The first kappa shape index (κ1) is 20.6. The van der Waals surface area contributed by atoms with Crippen LogP contribution in [0.4, 0.5) is 0 Å². The number of hydrogen-bond acceptors (Lipinski definition) is 4. The number of hydrogen-bond donors (Lipinski definition) is 1. The minimum Gasteiger partial charge on any atom is -0.493 e.